The van der Waals surface area contributed by atoms with E-state index in [2.05, 4.69) is 23.6 Å². The van der Waals surface area contributed by atoms with Crippen molar-refractivity contribution in [2.45, 2.75) is 77.7 Å². The third-order valence-corrected chi connectivity index (χ3v) is 6.26. The van der Waals surface area contributed by atoms with Gasteiger partial charge in [-0.25, -0.2) is 0 Å². The summed E-state index contributed by atoms with van der Waals surface area (Å²) in [5.74, 6) is 0. The van der Waals surface area contributed by atoms with Crippen molar-refractivity contribution in [1.82, 2.24) is 9.80 Å². The molecule has 2 fully saturated rings. The summed E-state index contributed by atoms with van der Waals surface area (Å²) in [6.45, 7) is 10.5. The predicted octanol–water partition coefficient (Wildman–Crippen LogP) is 4.15. The Balaban J connectivity index is 1.89. The zero-order valence-electron chi connectivity index (χ0n) is 17.9. The van der Waals surface area contributed by atoms with Gasteiger partial charge in [-0.2, -0.15) is 0 Å². The molecule has 0 bridgehead atoms. The molecule has 2 unspecified atom stereocenters. The number of ether oxygens (including phenoxy) is 2. The Bertz CT molecular complexity index is 381. The van der Waals surface area contributed by atoms with Gasteiger partial charge < -0.3 is 9.47 Å². The summed E-state index contributed by atoms with van der Waals surface area (Å²) in [6, 6.07) is 0. The molecule has 2 heterocycles. The molecule has 7 nitrogen and oxygen atoms in total. The van der Waals surface area contributed by atoms with Gasteiger partial charge in [0.15, 0.2) is 12.5 Å². The summed E-state index contributed by atoms with van der Waals surface area (Å²) in [5.41, 5.74) is 0. The van der Waals surface area contributed by atoms with Crippen LogP contribution in [0.1, 0.15) is 65.2 Å². The van der Waals surface area contributed by atoms with E-state index in [9.17, 15) is 4.57 Å². The van der Waals surface area contributed by atoms with Crippen LogP contribution in [0.15, 0.2) is 0 Å². The van der Waals surface area contributed by atoms with Crippen molar-refractivity contribution in [2.75, 3.05) is 52.6 Å². The first-order chi connectivity index (χ1) is 13.7. The normalized spacial score (nSPS) is 22.1. The van der Waals surface area contributed by atoms with E-state index in [1.54, 1.807) is 0 Å². The number of nitrogens with zero attached hydrogens (tertiary/aromatic N) is 2. The molecule has 2 atom stereocenters. The van der Waals surface area contributed by atoms with Gasteiger partial charge in [-0.05, 0) is 25.7 Å². The first kappa shape index (κ1) is 24.1. The first-order valence-electron chi connectivity index (χ1n) is 11.2. The summed E-state index contributed by atoms with van der Waals surface area (Å²) in [7, 11) is -2.17. The summed E-state index contributed by atoms with van der Waals surface area (Å²) in [4.78, 5) is 4.49. The highest BCUT2D eigenvalue weighted by molar-refractivity contribution is 7.33. The molecule has 164 valence electrons. The zero-order chi connectivity index (χ0) is 20.0. The smallest absolute Gasteiger partial charge is 0.379 e. The molecule has 0 amide bonds. The van der Waals surface area contributed by atoms with E-state index in [1.165, 1.54) is 0 Å². The van der Waals surface area contributed by atoms with Gasteiger partial charge in [0.25, 0.3) is 0 Å². The van der Waals surface area contributed by atoms with Crippen LogP contribution in [0.25, 0.3) is 0 Å². The van der Waals surface area contributed by atoms with Gasteiger partial charge in [-0.3, -0.25) is 9.80 Å². The van der Waals surface area contributed by atoms with Gasteiger partial charge in [0.1, 0.15) is 0 Å². The maximum Gasteiger partial charge on any atom is 0.700 e. The summed E-state index contributed by atoms with van der Waals surface area (Å²) < 4.78 is 35.6. The SMILES string of the molecule is CCCCCC(O[P+](=O)OC(CCCCC)N1CCOCC1)N1CCOCC1. The van der Waals surface area contributed by atoms with Crippen LogP contribution < -0.4 is 0 Å². The van der Waals surface area contributed by atoms with E-state index in [-0.39, 0.29) is 12.5 Å². The van der Waals surface area contributed by atoms with Crippen molar-refractivity contribution in [3.63, 3.8) is 0 Å². The van der Waals surface area contributed by atoms with E-state index >= 15 is 0 Å². The van der Waals surface area contributed by atoms with E-state index in [0.717, 1.165) is 77.5 Å². The van der Waals surface area contributed by atoms with Crippen LogP contribution in [0.4, 0.5) is 0 Å². The fourth-order valence-electron chi connectivity index (χ4n) is 3.70. The van der Waals surface area contributed by atoms with Crippen LogP contribution in [0, 0.1) is 0 Å². The van der Waals surface area contributed by atoms with E-state index in [4.69, 9.17) is 18.5 Å². The molecule has 0 N–H and O–H groups in total. The molecule has 2 aliphatic heterocycles. The third kappa shape index (κ3) is 9.12. The lowest BCUT2D eigenvalue weighted by Crippen LogP contribution is -2.45. The summed E-state index contributed by atoms with van der Waals surface area (Å²) in [5, 5.41) is 0. The van der Waals surface area contributed by atoms with Crippen molar-refractivity contribution in [1.29, 1.82) is 0 Å². The summed E-state index contributed by atoms with van der Waals surface area (Å²) >= 11 is 0. The molecule has 2 saturated heterocycles. The minimum absolute atomic E-state index is 0.153. The molecule has 2 aliphatic rings. The highest BCUT2D eigenvalue weighted by Crippen LogP contribution is 2.33. The predicted molar refractivity (Wildman–Crippen MR) is 110 cm³/mol. The largest absolute Gasteiger partial charge is 0.700 e. The Hall–Kier alpha value is -0.140. The van der Waals surface area contributed by atoms with Crippen LogP contribution in [0.2, 0.25) is 0 Å². The number of morpholine rings is 2. The average molecular weight is 420 g/mol. The lowest BCUT2D eigenvalue weighted by Gasteiger charge is -2.32. The Labute approximate surface area is 172 Å². The maximum atomic E-state index is 12.8. The monoisotopic (exact) mass is 419 g/mol. The number of rotatable bonds is 14. The minimum atomic E-state index is -2.17. The topological polar surface area (TPSA) is 60.5 Å². The molecule has 0 aromatic rings. The van der Waals surface area contributed by atoms with E-state index < -0.39 is 8.25 Å². The zero-order valence-corrected chi connectivity index (χ0v) is 18.7. The quantitative estimate of drug-likeness (QED) is 0.310. The van der Waals surface area contributed by atoms with Crippen molar-refractivity contribution in [3.05, 3.63) is 0 Å². The van der Waals surface area contributed by atoms with Crippen LogP contribution in [0.3, 0.4) is 0 Å². The molecule has 0 spiro atoms. The average Bonchev–Trinajstić information content (AvgIpc) is 2.74. The van der Waals surface area contributed by atoms with Gasteiger partial charge in [-0.1, -0.05) is 48.6 Å². The van der Waals surface area contributed by atoms with Crippen LogP contribution in [-0.4, -0.2) is 74.9 Å². The molecular formula is C20H40N2O5P+. The van der Waals surface area contributed by atoms with Crippen molar-refractivity contribution >= 4 is 8.25 Å². The van der Waals surface area contributed by atoms with E-state index in [1.807, 2.05) is 0 Å². The Morgan fingerprint density at radius 2 is 1.14 bits per heavy atom. The highest BCUT2D eigenvalue weighted by atomic mass is 31.1. The Kier molecular flexibility index (Phi) is 12.7. The standard InChI is InChI=1S/C20H40N2O5P/c1-3-5-7-9-19(21-11-15-24-16-12-21)26-28(23)27-20(10-8-6-4-2)22-13-17-25-18-14-22/h19-20H,3-18H2,1-2H3/q+1. The van der Waals surface area contributed by atoms with Crippen molar-refractivity contribution < 1.29 is 23.1 Å². The lowest BCUT2D eigenvalue weighted by atomic mass is 10.2. The molecule has 28 heavy (non-hydrogen) atoms. The van der Waals surface area contributed by atoms with Gasteiger partial charge in [0.05, 0.1) is 26.4 Å². The molecule has 0 aliphatic carbocycles. The van der Waals surface area contributed by atoms with Crippen molar-refractivity contribution in [3.8, 4) is 0 Å². The fraction of sp³-hybridized carbons (Fsp3) is 1.00. The molecule has 0 aromatic heterocycles. The van der Waals surface area contributed by atoms with Crippen LogP contribution in [0.5, 0.6) is 0 Å². The molecule has 8 heteroatoms. The van der Waals surface area contributed by atoms with Crippen LogP contribution in [-0.2, 0) is 23.1 Å². The number of hydrogen-bond acceptors (Lipinski definition) is 7. The lowest BCUT2D eigenvalue weighted by molar-refractivity contribution is -0.0736. The van der Waals surface area contributed by atoms with Crippen LogP contribution >= 0.6 is 8.25 Å². The van der Waals surface area contributed by atoms with Gasteiger partial charge in [-0.15, -0.1) is 0 Å². The number of unbranched alkanes of at least 4 members (excludes halogenated alkanes) is 4. The minimum Gasteiger partial charge on any atom is -0.379 e. The first-order valence-corrected chi connectivity index (χ1v) is 12.3. The van der Waals surface area contributed by atoms with E-state index in [0.29, 0.717) is 26.4 Å². The number of hydrogen-bond donors (Lipinski definition) is 0. The second-order valence-corrected chi connectivity index (χ2v) is 8.50. The second kappa shape index (κ2) is 14.8. The molecule has 2 rings (SSSR count). The Morgan fingerprint density at radius 1 is 0.750 bits per heavy atom. The Morgan fingerprint density at radius 3 is 1.50 bits per heavy atom. The fourth-order valence-corrected chi connectivity index (χ4v) is 4.62. The second-order valence-electron chi connectivity index (χ2n) is 7.63. The van der Waals surface area contributed by atoms with Gasteiger partial charge in [0.2, 0.25) is 0 Å². The maximum absolute atomic E-state index is 12.8. The molecule has 0 saturated carbocycles. The third-order valence-electron chi connectivity index (χ3n) is 5.43. The molecule has 0 radical (unpaired) electrons. The molecule has 0 aromatic carbocycles. The van der Waals surface area contributed by atoms with Gasteiger partial charge in [0, 0.05) is 30.7 Å². The van der Waals surface area contributed by atoms with Crippen molar-refractivity contribution in [2.24, 2.45) is 0 Å². The van der Waals surface area contributed by atoms with Gasteiger partial charge >= 0.3 is 8.25 Å². The summed E-state index contributed by atoms with van der Waals surface area (Å²) in [6.07, 6.45) is 8.26. The highest BCUT2D eigenvalue weighted by Gasteiger charge is 2.37. The molecular weight excluding hydrogens is 379 g/mol.